The number of aromatic nitrogens is 2. The Bertz CT molecular complexity index is 471. The summed E-state index contributed by atoms with van der Waals surface area (Å²) >= 11 is 4.63. The van der Waals surface area contributed by atoms with Gasteiger partial charge in [-0.3, -0.25) is 15.1 Å². The van der Waals surface area contributed by atoms with Gasteiger partial charge < -0.3 is 0 Å². The van der Waals surface area contributed by atoms with Crippen molar-refractivity contribution in [1.29, 1.82) is 0 Å². The number of anilines is 1. The van der Waals surface area contributed by atoms with E-state index in [2.05, 4.69) is 31.2 Å². The molecule has 2 heterocycles. The monoisotopic (exact) mass is 283 g/mol. The van der Waals surface area contributed by atoms with E-state index in [1.165, 1.54) is 17.5 Å². The highest BCUT2D eigenvalue weighted by atomic mass is 79.9. The van der Waals surface area contributed by atoms with E-state index in [1.807, 2.05) is 0 Å². The maximum atomic E-state index is 11.6. The van der Waals surface area contributed by atoms with Gasteiger partial charge in [-0.15, -0.1) is 0 Å². The number of carbonyl (C=O) groups is 1. The van der Waals surface area contributed by atoms with Crippen LogP contribution in [0.1, 0.15) is 10.4 Å². The van der Waals surface area contributed by atoms with Crippen LogP contribution in [0.2, 0.25) is 0 Å². The molecule has 0 aromatic carbocycles. The standard InChI is InChI=1S/C9H6BrN3OS/c10-7-5-12-9(15-7)13-8(14)6-2-1-3-11-4-6/h1-5H,(H,12,13,14). The van der Waals surface area contributed by atoms with Crippen molar-refractivity contribution >= 4 is 38.3 Å². The minimum Gasteiger partial charge on any atom is -0.298 e. The van der Waals surface area contributed by atoms with Crippen LogP contribution in [-0.2, 0) is 0 Å². The van der Waals surface area contributed by atoms with Gasteiger partial charge in [0, 0.05) is 12.4 Å². The molecule has 0 atom stereocenters. The van der Waals surface area contributed by atoms with Crippen LogP contribution in [0, 0.1) is 0 Å². The summed E-state index contributed by atoms with van der Waals surface area (Å²) in [6.07, 6.45) is 4.78. The van der Waals surface area contributed by atoms with Crippen molar-refractivity contribution in [1.82, 2.24) is 9.97 Å². The zero-order valence-corrected chi connectivity index (χ0v) is 9.88. The Balaban J connectivity index is 2.11. The van der Waals surface area contributed by atoms with Crippen LogP contribution in [-0.4, -0.2) is 15.9 Å². The van der Waals surface area contributed by atoms with Gasteiger partial charge in [0.25, 0.3) is 5.91 Å². The Kier molecular flexibility index (Phi) is 3.08. The zero-order chi connectivity index (χ0) is 10.7. The Morgan fingerprint density at radius 3 is 2.93 bits per heavy atom. The Morgan fingerprint density at radius 1 is 1.47 bits per heavy atom. The second kappa shape index (κ2) is 4.50. The number of nitrogens with one attached hydrogen (secondary N) is 1. The molecule has 0 aliphatic rings. The fourth-order valence-electron chi connectivity index (χ4n) is 0.979. The molecular weight excluding hydrogens is 278 g/mol. The van der Waals surface area contributed by atoms with Crippen LogP contribution in [0.15, 0.2) is 34.5 Å². The van der Waals surface area contributed by atoms with E-state index >= 15 is 0 Å². The van der Waals surface area contributed by atoms with Gasteiger partial charge >= 0.3 is 0 Å². The number of pyridine rings is 1. The molecule has 1 amide bonds. The number of carbonyl (C=O) groups excluding carboxylic acids is 1. The molecule has 0 bridgehead atoms. The SMILES string of the molecule is O=C(Nc1ncc(Br)s1)c1cccnc1. The Morgan fingerprint density at radius 2 is 2.33 bits per heavy atom. The summed E-state index contributed by atoms with van der Waals surface area (Å²) in [6, 6.07) is 3.41. The molecule has 2 aromatic rings. The molecule has 0 fully saturated rings. The van der Waals surface area contributed by atoms with E-state index in [0.29, 0.717) is 10.7 Å². The number of thiazole rings is 1. The third-order valence-corrected chi connectivity index (χ3v) is 3.01. The number of rotatable bonds is 2. The van der Waals surface area contributed by atoms with E-state index in [9.17, 15) is 4.79 Å². The number of halogens is 1. The molecule has 0 unspecified atom stereocenters. The highest BCUT2D eigenvalue weighted by Gasteiger charge is 2.07. The first-order valence-electron chi connectivity index (χ1n) is 4.08. The normalized spacial score (nSPS) is 9.93. The van der Waals surface area contributed by atoms with Crippen LogP contribution in [0.25, 0.3) is 0 Å². The van der Waals surface area contributed by atoms with E-state index in [0.717, 1.165) is 3.79 Å². The molecule has 0 aliphatic carbocycles. The van der Waals surface area contributed by atoms with Crippen LogP contribution in [0.5, 0.6) is 0 Å². The highest BCUT2D eigenvalue weighted by molar-refractivity contribution is 9.11. The van der Waals surface area contributed by atoms with Gasteiger partial charge in [0.15, 0.2) is 5.13 Å². The molecule has 15 heavy (non-hydrogen) atoms. The fourth-order valence-corrected chi connectivity index (χ4v) is 2.08. The maximum absolute atomic E-state index is 11.6. The van der Waals surface area contributed by atoms with E-state index in [4.69, 9.17) is 0 Å². The summed E-state index contributed by atoms with van der Waals surface area (Å²) in [7, 11) is 0. The molecule has 0 aliphatic heterocycles. The minimum atomic E-state index is -0.204. The quantitative estimate of drug-likeness (QED) is 0.922. The average Bonchev–Trinajstić information content (AvgIpc) is 2.65. The first-order chi connectivity index (χ1) is 7.25. The van der Waals surface area contributed by atoms with Crippen molar-refractivity contribution in [3.63, 3.8) is 0 Å². The van der Waals surface area contributed by atoms with Crippen molar-refractivity contribution in [3.8, 4) is 0 Å². The third-order valence-electron chi connectivity index (χ3n) is 1.62. The number of nitrogens with zero attached hydrogens (tertiary/aromatic N) is 2. The molecule has 2 rings (SSSR count). The lowest BCUT2D eigenvalue weighted by atomic mass is 10.3. The van der Waals surface area contributed by atoms with Gasteiger partial charge in [0.05, 0.1) is 15.5 Å². The fraction of sp³-hybridized carbons (Fsp3) is 0. The van der Waals surface area contributed by atoms with Gasteiger partial charge in [-0.1, -0.05) is 11.3 Å². The molecule has 0 saturated carbocycles. The molecule has 76 valence electrons. The summed E-state index contributed by atoms with van der Waals surface area (Å²) in [6.45, 7) is 0. The summed E-state index contributed by atoms with van der Waals surface area (Å²) in [5, 5.41) is 3.24. The predicted octanol–water partition coefficient (Wildman–Crippen LogP) is 2.55. The first-order valence-corrected chi connectivity index (χ1v) is 5.69. The van der Waals surface area contributed by atoms with Crippen LogP contribution in [0.4, 0.5) is 5.13 Å². The van der Waals surface area contributed by atoms with E-state index < -0.39 is 0 Å². The van der Waals surface area contributed by atoms with Gasteiger partial charge in [-0.25, -0.2) is 4.98 Å². The second-order valence-electron chi connectivity index (χ2n) is 2.67. The summed E-state index contributed by atoms with van der Waals surface area (Å²) in [5.41, 5.74) is 0.517. The lowest BCUT2D eigenvalue weighted by molar-refractivity contribution is 0.102. The lowest BCUT2D eigenvalue weighted by Crippen LogP contribution is -2.11. The van der Waals surface area contributed by atoms with E-state index in [1.54, 1.807) is 24.5 Å². The number of hydrogen-bond donors (Lipinski definition) is 1. The topological polar surface area (TPSA) is 54.9 Å². The van der Waals surface area contributed by atoms with Crippen molar-refractivity contribution in [2.45, 2.75) is 0 Å². The van der Waals surface area contributed by atoms with Crippen LogP contribution < -0.4 is 5.32 Å². The smallest absolute Gasteiger partial charge is 0.259 e. The van der Waals surface area contributed by atoms with Crippen molar-refractivity contribution in [2.24, 2.45) is 0 Å². The number of amides is 1. The molecule has 1 N–H and O–H groups in total. The Hall–Kier alpha value is -1.27. The van der Waals surface area contributed by atoms with E-state index in [-0.39, 0.29) is 5.91 Å². The summed E-state index contributed by atoms with van der Waals surface area (Å²) in [5.74, 6) is -0.204. The molecule has 0 saturated heterocycles. The van der Waals surface area contributed by atoms with Crippen LogP contribution >= 0.6 is 27.3 Å². The minimum absolute atomic E-state index is 0.204. The molecule has 2 aromatic heterocycles. The van der Waals surface area contributed by atoms with Gasteiger partial charge in [-0.2, -0.15) is 0 Å². The highest BCUT2D eigenvalue weighted by Crippen LogP contribution is 2.23. The molecular formula is C9H6BrN3OS. The van der Waals surface area contributed by atoms with Gasteiger partial charge in [0.1, 0.15) is 0 Å². The summed E-state index contributed by atoms with van der Waals surface area (Å²) in [4.78, 5) is 19.5. The second-order valence-corrected chi connectivity index (χ2v) is 5.08. The van der Waals surface area contributed by atoms with Crippen LogP contribution in [0.3, 0.4) is 0 Å². The van der Waals surface area contributed by atoms with Crippen molar-refractivity contribution in [2.75, 3.05) is 5.32 Å². The summed E-state index contributed by atoms with van der Waals surface area (Å²) < 4.78 is 0.879. The van der Waals surface area contributed by atoms with Gasteiger partial charge in [-0.05, 0) is 28.1 Å². The van der Waals surface area contributed by atoms with Crippen molar-refractivity contribution < 1.29 is 4.79 Å². The average molecular weight is 284 g/mol. The zero-order valence-electron chi connectivity index (χ0n) is 7.48. The number of hydrogen-bond acceptors (Lipinski definition) is 4. The first kappa shape index (κ1) is 10.3. The predicted molar refractivity (Wildman–Crippen MR) is 62.0 cm³/mol. The molecule has 6 heteroatoms. The van der Waals surface area contributed by atoms with Gasteiger partial charge in [0.2, 0.25) is 0 Å². The Labute approximate surface area is 98.5 Å². The third kappa shape index (κ3) is 2.60. The lowest BCUT2D eigenvalue weighted by Gasteiger charge is -1.99. The largest absolute Gasteiger partial charge is 0.298 e. The molecule has 4 nitrogen and oxygen atoms in total. The maximum Gasteiger partial charge on any atom is 0.259 e. The van der Waals surface area contributed by atoms with Crippen molar-refractivity contribution in [3.05, 3.63) is 40.1 Å². The molecule has 0 radical (unpaired) electrons. The molecule has 0 spiro atoms.